The van der Waals surface area contributed by atoms with Gasteiger partial charge in [0.25, 0.3) is 0 Å². The highest BCUT2D eigenvalue weighted by Gasteiger charge is 1.74. The Kier molecular flexibility index (Phi) is 3.44. The third-order valence-corrected chi connectivity index (χ3v) is 1.16. The first-order valence-corrected chi connectivity index (χ1v) is 3.56. The maximum atomic E-state index is 8.63. The van der Waals surface area contributed by atoms with Crippen LogP contribution in [0.2, 0.25) is 0 Å². The zero-order valence-corrected chi connectivity index (χ0v) is 6.51. The van der Waals surface area contributed by atoms with Crippen molar-refractivity contribution in [3.63, 3.8) is 0 Å². The van der Waals surface area contributed by atoms with Gasteiger partial charge in [-0.25, -0.2) is 4.98 Å². The maximum absolute atomic E-state index is 8.63. The van der Waals surface area contributed by atoms with Crippen LogP contribution in [-0.4, -0.2) is 15.1 Å². The Bertz CT molecular complexity index is 261. The molecule has 0 bridgehead atoms. The third kappa shape index (κ3) is 3.41. The molecule has 0 saturated heterocycles. The largest absolute Gasteiger partial charge is 0.508 e. The number of nitrogens with one attached hydrogen (secondary N) is 1. The van der Waals surface area contributed by atoms with Crippen molar-refractivity contribution in [1.29, 1.82) is 0 Å². The van der Waals surface area contributed by atoms with Gasteiger partial charge in [0.15, 0.2) is 0 Å². The molecule has 0 unspecified atom stereocenters. The lowest BCUT2D eigenvalue weighted by atomic mass is 10.3. The monoisotopic (exact) mass is 162 g/mol. The van der Waals surface area contributed by atoms with E-state index in [2.05, 4.69) is 9.97 Å². The van der Waals surface area contributed by atoms with Crippen LogP contribution in [0.5, 0.6) is 5.75 Å². The Hall–Kier alpha value is -1.77. The van der Waals surface area contributed by atoms with E-state index in [1.165, 1.54) is 0 Å². The van der Waals surface area contributed by atoms with Gasteiger partial charge in [-0.3, -0.25) is 0 Å². The number of benzene rings is 1. The van der Waals surface area contributed by atoms with Crippen molar-refractivity contribution in [2.24, 2.45) is 0 Å². The Labute approximate surface area is 70.7 Å². The zero-order valence-electron chi connectivity index (χ0n) is 6.51. The summed E-state index contributed by atoms with van der Waals surface area (Å²) in [5.41, 5.74) is 0. The molecule has 0 amide bonds. The summed E-state index contributed by atoms with van der Waals surface area (Å²) in [7, 11) is 0. The second-order valence-electron chi connectivity index (χ2n) is 2.10. The predicted molar refractivity (Wildman–Crippen MR) is 46.7 cm³/mol. The molecular formula is C9H10N2O. The first-order chi connectivity index (χ1) is 5.89. The van der Waals surface area contributed by atoms with Gasteiger partial charge in [-0.1, -0.05) is 18.2 Å². The molecule has 0 radical (unpaired) electrons. The summed E-state index contributed by atoms with van der Waals surface area (Å²) in [6.07, 6.45) is 5.08. The number of rotatable bonds is 0. The fraction of sp³-hybridized carbons (Fsp3) is 0. The molecule has 2 aromatic rings. The van der Waals surface area contributed by atoms with Gasteiger partial charge < -0.3 is 10.1 Å². The lowest BCUT2D eigenvalue weighted by Gasteiger charge is -1.82. The van der Waals surface area contributed by atoms with Gasteiger partial charge in [0, 0.05) is 12.4 Å². The maximum Gasteiger partial charge on any atom is 0.115 e. The van der Waals surface area contributed by atoms with Crippen LogP contribution in [0.15, 0.2) is 49.1 Å². The molecule has 1 aromatic carbocycles. The smallest absolute Gasteiger partial charge is 0.115 e. The second-order valence-corrected chi connectivity index (χ2v) is 2.10. The summed E-state index contributed by atoms with van der Waals surface area (Å²) in [6.45, 7) is 0. The lowest BCUT2D eigenvalue weighted by molar-refractivity contribution is 0.475. The third-order valence-electron chi connectivity index (χ3n) is 1.16. The van der Waals surface area contributed by atoms with Crippen molar-refractivity contribution in [2.75, 3.05) is 0 Å². The zero-order chi connectivity index (χ0) is 8.65. The van der Waals surface area contributed by atoms with E-state index in [1.54, 1.807) is 43.0 Å². The van der Waals surface area contributed by atoms with Crippen LogP contribution in [-0.2, 0) is 0 Å². The van der Waals surface area contributed by atoms with Crippen molar-refractivity contribution >= 4 is 0 Å². The molecule has 3 nitrogen and oxygen atoms in total. The summed E-state index contributed by atoms with van der Waals surface area (Å²) in [6, 6.07) is 8.71. The van der Waals surface area contributed by atoms with Crippen molar-refractivity contribution in [3.8, 4) is 5.75 Å². The van der Waals surface area contributed by atoms with E-state index in [-0.39, 0.29) is 0 Å². The number of phenols is 1. The molecule has 0 spiro atoms. The highest BCUT2D eigenvalue weighted by molar-refractivity contribution is 5.18. The van der Waals surface area contributed by atoms with Gasteiger partial charge in [-0.15, -0.1) is 0 Å². The number of hydrogen-bond donors (Lipinski definition) is 2. The van der Waals surface area contributed by atoms with Crippen LogP contribution < -0.4 is 0 Å². The lowest BCUT2D eigenvalue weighted by Crippen LogP contribution is -1.56. The van der Waals surface area contributed by atoms with Crippen molar-refractivity contribution in [3.05, 3.63) is 49.1 Å². The average molecular weight is 162 g/mol. The van der Waals surface area contributed by atoms with E-state index in [1.807, 2.05) is 6.07 Å². The number of H-pyrrole nitrogens is 1. The molecule has 0 aliphatic carbocycles. The molecule has 2 rings (SSSR count). The molecule has 0 atom stereocenters. The van der Waals surface area contributed by atoms with E-state index in [0.717, 1.165) is 0 Å². The van der Waals surface area contributed by atoms with Crippen molar-refractivity contribution in [1.82, 2.24) is 9.97 Å². The number of imidazole rings is 1. The highest BCUT2D eigenvalue weighted by atomic mass is 16.3. The highest BCUT2D eigenvalue weighted by Crippen LogP contribution is 2.02. The van der Waals surface area contributed by atoms with Crippen molar-refractivity contribution < 1.29 is 5.11 Å². The minimum Gasteiger partial charge on any atom is -0.508 e. The first-order valence-electron chi connectivity index (χ1n) is 3.56. The number of aromatic amines is 1. The van der Waals surface area contributed by atoms with Gasteiger partial charge in [0.2, 0.25) is 0 Å². The standard InChI is InChI=1S/C6H6O.C3H4N2/c7-6-4-2-1-3-5-6;1-2-5-3-4-1/h1-5,7H;1-3H,(H,4,5). The van der Waals surface area contributed by atoms with Crippen LogP contribution in [0.1, 0.15) is 0 Å². The first kappa shape index (κ1) is 8.33. The van der Waals surface area contributed by atoms with Crippen LogP contribution in [0.4, 0.5) is 0 Å². The molecule has 0 saturated carbocycles. The van der Waals surface area contributed by atoms with Crippen LogP contribution in [0, 0.1) is 0 Å². The minimum absolute atomic E-state index is 0.322. The molecule has 12 heavy (non-hydrogen) atoms. The second kappa shape index (κ2) is 4.96. The molecule has 1 heterocycles. The van der Waals surface area contributed by atoms with Crippen LogP contribution >= 0.6 is 0 Å². The van der Waals surface area contributed by atoms with E-state index in [9.17, 15) is 0 Å². The van der Waals surface area contributed by atoms with E-state index >= 15 is 0 Å². The average Bonchev–Trinajstić information content (AvgIpc) is 2.62. The summed E-state index contributed by atoms with van der Waals surface area (Å²) in [5.74, 6) is 0.322. The minimum atomic E-state index is 0.322. The fourth-order valence-electron chi connectivity index (χ4n) is 0.643. The molecule has 62 valence electrons. The molecule has 1 aromatic heterocycles. The Morgan fingerprint density at radius 2 is 1.92 bits per heavy atom. The Balaban J connectivity index is 0.000000127. The summed E-state index contributed by atoms with van der Waals surface area (Å²) >= 11 is 0. The van der Waals surface area contributed by atoms with E-state index < -0.39 is 0 Å². The Morgan fingerprint density at radius 1 is 1.17 bits per heavy atom. The quantitative estimate of drug-likeness (QED) is 0.620. The topological polar surface area (TPSA) is 48.9 Å². The van der Waals surface area contributed by atoms with Gasteiger partial charge >= 0.3 is 0 Å². The van der Waals surface area contributed by atoms with Gasteiger partial charge in [0.1, 0.15) is 5.75 Å². The summed E-state index contributed by atoms with van der Waals surface area (Å²) in [4.78, 5) is 6.42. The number of nitrogens with zero attached hydrogens (tertiary/aromatic N) is 1. The van der Waals surface area contributed by atoms with Crippen LogP contribution in [0.25, 0.3) is 0 Å². The Morgan fingerprint density at radius 3 is 2.17 bits per heavy atom. The SMILES string of the molecule is Oc1ccccc1.c1c[nH]cn1. The molecule has 2 N–H and O–H groups in total. The molecule has 0 aliphatic heterocycles. The number of aromatic nitrogens is 2. The van der Waals surface area contributed by atoms with E-state index in [4.69, 9.17) is 5.11 Å². The summed E-state index contributed by atoms with van der Waals surface area (Å²) in [5, 5.41) is 8.63. The normalized spacial score (nSPS) is 8.33. The fourth-order valence-corrected chi connectivity index (χ4v) is 0.643. The number of para-hydroxylation sites is 1. The summed E-state index contributed by atoms with van der Waals surface area (Å²) < 4.78 is 0. The van der Waals surface area contributed by atoms with Crippen LogP contribution in [0.3, 0.4) is 0 Å². The van der Waals surface area contributed by atoms with Crippen molar-refractivity contribution in [2.45, 2.75) is 0 Å². The number of hydrogen-bond acceptors (Lipinski definition) is 2. The molecule has 0 aliphatic rings. The molecular weight excluding hydrogens is 152 g/mol. The van der Waals surface area contributed by atoms with Gasteiger partial charge in [0.05, 0.1) is 6.33 Å². The number of phenolic OH excluding ortho intramolecular Hbond substituents is 1. The van der Waals surface area contributed by atoms with E-state index in [0.29, 0.717) is 5.75 Å². The van der Waals surface area contributed by atoms with Gasteiger partial charge in [-0.05, 0) is 12.1 Å². The molecule has 0 fully saturated rings. The predicted octanol–water partition coefficient (Wildman–Crippen LogP) is 1.80. The van der Waals surface area contributed by atoms with Gasteiger partial charge in [-0.2, -0.15) is 0 Å². The number of aromatic hydroxyl groups is 1. The molecule has 3 heteroatoms.